The van der Waals surface area contributed by atoms with Gasteiger partial charge in [-0.1, -0.05) is 62.4 Å². The molecule has 0 spiro atoms. The largest absolute Gasteiger partial charge is 0.508 e. The topological polar surface area (TPSA) is 81.1 Å². The summed E-state index contributed by atoms with van der Waals surface area (Å²) in [4.78, 5) is 29.7. The fraction of sp³-hybridized carbons (Fsp3) is 0.280. The molecule has 1 aliphatic rings. The van der Waals surface area contributed by atoms with Crippen LogP contribution in [0.4, 0.5) is 0 Å². The number of phenols is 1. The second-order valence-corrected chi connectivity index (χ2v) is 7.39. The van der Waals surface area contributed by atoms with Crippen LogP contribution in [0.1, 0.15) is 31.0 Å². The highest BCUT2D eigenvalue weighted by atomic mass is 16.3. The predicted molar refractivity (Wildman–Crippen MR) is 120 cm³/mol. The molecule has 1 unspecified atom stereocenters. The molecule has 6 heteroatoms. The molecule has 3 rings (SSSR count). The van der Waals surface area contributed by atoms with Crippen LogP contribution in [0.3, 0.4) is 0 Å². The molecular weight excluding hydrogens is 392 g/mol. The van der Waals surface area contributed by atoms with E-state index in [1.165, 1.54) is 23.1 Å². The molecule has 1 amide bonds. The molecule has 0 aromatic heterocycles. The molecule has 1 heterocycles. The Morgan fingerprint density at radius 3 is 2.29 bits per heavy atom. The Labute approximate surface area is 182 Å². The van der Waals surface area contributed by atoms with Gasteiger partial charge in [-0.25, -0.2) is 0 Å². The number of carbonyl (C=O) groups excluding carboxylic acids is 2. The van der Waals surface area contributed by atoms with Gasteiger partial charge < -0.3 is 20.0 Å². The van der Waals surface area contributed by atoms with E-state index in [1.807, 2.05) is 44.2 Å². The first-order chi connectivity index (χ1) is 15.0. The summed E-state index contributed by atoms with van der Waals surface area (Å²) in [6.07, 6.45) is 3.05. The number of ketones is 1. The number of likely N-dealkylation sites (N-methyl/N-ethyl adjacent to an activating group) is 1. The maximum atomic E-state index is 13.1. The van der Waals surface area contributed by atoms with Gasteiger partial charge in [0.25, 0.3) is 5.91 Å². The van der Waals surface area contributed by atoms with Crippen molar-refractivity contribution in [2.24, 2.45) is 0 Å². The first-order valence-electron chi connectivity index (χ1n) is 10.5. The highest BCUT2D eigenvalue weighted by Crippen LogP contribution is 2.38. The van der Waals surface area contributed by atoms with Crippen molar-refractivity contribution >= 4 is 17.8 Å². The van der Waals surface area contributed by atoms with Gasteiger partial charge in [-0.3, -0.25) is 9.59 Å². The Bertz CT molecular complexity index is 976. The maximum Gasteiger partial charge on any atom is 0.290 e. The molecule has 31 heavy (non-hydrogen) atoms. The van der Waals surface area contributed by atoms with E-state index in [1.54, 1.807) is 18.2 Å². The lowest BCUT2D eigenvalue weighted by Gasteiger charge is -2.29. The third-order valence-corrected chi connectivity index (χ3v) is 5.56. The van der Waals surface area contributed by atoms with Gasteiger partial charge in [-0.15, -0.1) is 0 Å². The van der Waals surface area contributed by atoms with E-state index in [0.717, 1.165) is 18.7 Å². The fourth-order valence-electron chi connectivity index (χ4n) is 3.75. The third-order valence-electron chi connectivity index (χ3n) is 5.56. The average molecular weight is 421 g/mol. The average Bonchev–Trinajstić information content (AvgIpc) is 3.04. The van der Waals surface area contributed by atoms with E-state index >= 15 is 0 Å². The molecule has 2 aromatic carbocycles. The summed E-state index contributed by atoms with van der Waals surface area (Å²) in [5.74, 6) is -1.40. The molecule has 2 N–H and O–H groups in total. The molecule has 0 aliphatic carbocycles. The molecule has 0 saturated carbocycles. The maximum absolute atomic E-state index is 13.1. The van der Waals surface area contributed by atoms with Crippen LogP contribution >= 0.6 is 0 Å². The van der Waals surface area contributed by atoms with Crippen molar-refractivity contribution in [1.29, 1.82) is 0 Å². The molecule has 1 aliphatic heterocycles. The van der Waals surface area contributed by atoms with Gasteiger partial charge in [-0.2, -0.15) is 0 Å². The lowest BCUT2D eigenvalue weighted by Crippen LogP contribution is -2.38. The minimum atomic E-state index is -0.711. The number of carbonyl (C=O) groups is 2. The summed E-state index contributed by atoms with van der Waals surface area (Å²) >= 11 is 0. The van der Waals surface area contributed by atoms with E-state index in [9.17, 15) is 19.8 Å². The van der Waals surface area contributed by atoms with Gasteiger partial charge >= 0.3 is 0 Å². The fourth-order valence-corrected chi connectivity index (χ4v) is 3.75. The van der Waals surface area contributed by atoms with Crippen molar-refractivity contribution in [3.8, 4) is 5.75 Å². The highest BCUT2D eigenvalue weighted by molar-refractivity contribution is 6.14. The molecule has 0 saturated heterocycles. The van der Waals surface area contributed by atoms with E-state index < -0.39 is 23.5 Å². The predicted octanol–water partition coefficient (Wildman–Crippen LogP) is 3.71. The first-order valence-corrected chi connectivity index (χ1v) is 10.5. The minimum Gasteiger partial charge on any atom is -0.508 e. The molecule has 162 valence electrons. The van der Waals surface area contributed by atoms with Crippen molar-refractivity contribution in [1.82, 2.24) is 9.80 Å². The standard InChI is InChI=1S/C25H28N2O4/c1-3-26(4-2)16-17-27-23(19-11-13-20(28)14-12-19)22(24(30)25(27)31)21(29)15-10-18-8-6-5-7-9-18/h5-15,23,28,30H,3-4,16-17H2,1-2H3. The van der Waals surface area contributed by atoms with Crippen LogP contribution in [0.15, 0.2) is 72.0 Å². The SMILES string of the molecule is CCN(CC)CCN1C(=O)C(O)=C(C(=O)C=Cc2ccccc2)C1c1ccc(O)cc1. The van der Waals surface area contributed by atoms with Crippen LogP contribution in [0.25, 0.3) is 6.08 Å². The lowest BCUT2D eigenvalue weighted by atomic mass is 9.95. The molecule has 0 fully saturated rings. The number of phenolic OH excluding ortho intramolecular Hbond substituents is 1. The zero-order valence-corrected chi connectivity index (χ0v) is 17.9. The summed E-state index contributed by atoms with van der Waals surface area (Å²) in [6.45, 7) is 6.77. The number of aliphatic hydroxyl groups excluding tert-OH is 1. The Morgan fingerprint density at radius 2 is 1.68 bits per heavy atom. The van der Waals surface area contributed by atoms with Crippen molar-refractivity contribution < 1.29 is 19.8 Å². The number of nitrogens with zero attached hydrogens (tertiary/aromatic N) is 2. The molecule has 0 bridgehead atoms. The number of allylic oxidation sites excluding steroid dienone is 1. The monoisotopic (exact) mass is 420 g/mol. The zero-order chi connectivity index (χ0) is 22.4. The van der Waals surface area contributed by atoms with Gasteiger partial charge in [0.2, 0.25) is 0 Å². The van der Waals surface area contributed by atoms with Crippen molar-refractivity contribution in [2.45, 2.75) is 19.9 Å². The Morgan fingerprint density at radius 1 is 1.03 bits per heavy atom. The van der Waals surface area contributed by atoms with Crippen LogP contribution in [-0.4, -0.2) is 57.9 Å². The number of hydrogen-bond donors (Lipinski definition) is 2. The number of benzene rings is 2. The summed E-state index contributed by atoms with van der Waals surface area (Å²) in [5.41, 5.74) is 1.56. The van der Waals surface area contributed by atoms with Crippen LogP contribution in [-0.2, 0) is 9.59 Å². The summed E-state index contributed by atoms with van der Waals surface area (Å²) in [7, 11) is 0. The number of hydrogen-bond acceptors (Lipinski definition) is 5. The van der Waals surface area contributed by atoms with E-state index in [-0.39, 0.29) is 11.3 Å². The first kappa shape index (κ1) is 22.3. The van der Waals surface area contributed by atoms with Gasteiger partial charge in [-0.05, 0) is 42.4 Å². The third kappa shape index (κ3) is 5.03. The molecule has 0 radical (unpaired) electrons. The second-order valence-electron chi connectivity index (χ2n) is 7.39. The van der Waals surface area contributed by atoms with Crippen LogP contribution in [0, 0.1) is 0 Å². The Kier molecular flexibility index (Phi) is 7.26. The number of amides is 1. The van der Waals surface area contributed by atoms with Crippen molar-refractivity contribution in [2.75, 3.05) is 26.2 Å². The molecule has 1 atom stereocenters. The van der Waals surface area contributed by atoms with Gasteiger partial charge in [0.05, 0.1) is 11.6 Å². The molecule has 2 aromatic rings. The van der Waals surface area contributed by atoms with Crippen molar-refractivity contribution in [3.05, 3.63) is 83.1 Å². The van der Waals surface area contributed by atoms with Gasteiger partial charge in [0, 0.05) is 13.1 Å². The van der Waals surface area contributed by atoms with Gasteiger partial charge in [0.1, 0.15) is 5.75 Å². The van der Waals surface area contributed by atoms with Crippen LogP contribution in [0.2, 0.25) is 0 Å². The Balaban J connectivity index is 1.94. The molecule has 6 nitrogen and oxygen atoms in total. The minimum absolute atomic E-state index is 0.0578. The van der Waals surface area contributed by atoms with Crippen molar-refractivity contribution in [3.63, 3.8) is 0 Å². The quantitative estimate of drug-likeness (QED) is 0.605. The van der Waals surface area contributed by atoms with E-state index in [0.29, 0.717) is 18.7 Å². The normalized spacial score (nSPS) is 16.7. The van der Waals surface area contributed by atoms with E-state index in [4.69, 9.17) is 0 Å². The van der Waals surface area contributed by atoms with E-state index in [2.05, 4.69) is 4.90 Å². The molecular formula is C25H28N2O4. The summed E-state index contributed by atoms with van der Waals surface area (Å²) < 4.78 is 0. The number of aromatic hydroxyl groups is 1. The zero-order valence-electron chi connectivity index (χ0n) is 17.9. The van der Waals surface area contributed by atoms with Crippen LogP contribution < -0.4 is 0 Å². The highest BCUT2D eigenvalue weighted by Gasteiger charge is 2.42. The summed E-state index contributed by atoms with van der Waals surface area (Å²) in [6, 6.07) is 15.0. The van der Waals surface area contributed by atoms with Crippen LogP contribution in [0.5, 0.6) is 5.75 Å². The smallest absolute Gasteiger partial charge is 0.290 e. The lowest BCUT2D eigenvalue weighted by molar-refractivity contribution is -0.129. The number of rotatable bonds is 9. The summed E-state index contributed by atoms with van der Waals surface area (Å²) in [5, 5.41) is 20.3. The second kappa shape index (κ2) is 10.1. The number of aliphatic hydroxyl groups is 1. The Hall–Kier alpha value is -3.38. The van der Waals surface area contributed by atoms with Gasteiger partial charge in [0.15, 0.2) is 11.5 Å².